The zero-order valence-electron chi connectivity index (χ0n) is 19.4. The molecule has 8 nitrogen and oxygen atoms in total. The molecule has 9 heteroatoms. The van der Waals surface area contributed by atoms with Crippen molar-refractivity contribution in [2.75, 3.05) is 44.5 Å². The summed E-state index contributed by atoms with van der Waals surface area (Å²) in [5, 5.41) is 8.70. The first-order valence-corrected chi connectivity index (χ1v) is 10.9. The number of rotatable bonds is 3. The van der Waals surface area contributed by atoms with Gasteiger partial charge < -0.3 is 30.3 Å². The van der Waals surface area contributed by atoms with Gasteiger partial charge in [0.1, 0.15) is 18.2 Å². The molecule has 1 aliphatic heterocycles. The maximum absolute atomic E-state index is 13.4. The largest absolute Gasteiger partial charge is 0.491 e. The van der Waals surface area contributed by atoms with Gasteiger partial charge >= 0.3 is 6.03 Å². The van der Waals surface area contributed by atoms with Crippen LogP contribution in [0.3, 0.4) is 0 Å². The van der Waals surface area contributed by atoms with E-state index in [2.05, 4.69) is 22.9 Å². The zero-order chi connectivity index (χ0) is 24.0. The summed E-state index contributed by atoms with van der Waals surface area (Å²) in [5.41, 5.74) is 1.16. The number of carbonyl (C=O) groups is 2. The number of hydrogen-bond donors (Lipinski definition) is 3. The van der Waals surface area contributed by atoms with E-state index in [9.17, 15) is 14.0 Å². The lowest BCUT2D eigenvalue weighted by Crippen LogP contribution is -2.44. The number of amides is 3. The predicted octanol–water partition coefficient (Wildman–Crippen LogP) is 3.56. The summed E-state index contributed by atoms with van der Waals surface area (Å²) in [6.07, 6.45) is -0.116. The van der Waals surface area contributed by atoms with Crippen molar-refractivity contribution in [2.24, 2.45) is 5.92 Å². The highest BCUT2D eigenvalue weighted by Gasteiger charge is 2.25. The van der Waals surface area contributed by atoms with Crippen molar-refractivity contribution in [3.8, 4) is 5.75 Å². The maximum Gasteiger partial charge on any atom is 0.323 e. The first-order chi connectivity index (χ1) is 15.8. The van der Waals surface area contributed by atoms with Crippen LogP contribution in [0.5, 0.6) is 5.75 Å². The molecule has 0 unspecified atom stereocenters. The van der Waals surface area contributed by atoms with Crippen LogP contribution < -0.4 is 20.7 Å². The zero-order valence-corrected chi connectivity index (χ0v) is 19.4. The maximum atomic E-state index is 13.4. The molecule has 33 heavy (non-hydrogen) atoms. The number of likely N-dealkylation sites (N-methyl/N-ethyl adjacent to an activating group) is 1. The molecule has 1 heterocycles. The van der Waals surface area contributed by atoms with Gasteiger partial charge in [0.25, 0.3) is 5.91 Å². The molecule has 0 aliphatic carbocycles. The van der Waals surface area contributed by atoms with Gasteiger partial charge in [-0.3, -0.25) is 4.79 Å². The molecular formula is C24H31FN4O4. The molecule has 2 aromatic carbocycles. The second-order valence-corrected chi connectivity index (χ2v) is 8.36. The quantitative estimate of drug-likeness (QED) is 0.654. The number of hydrogen-bond acceptors (Lipinski definition) is 5. The number of fused-ring (bicyclic) bond motifs is 1. The summed E-state index contributed by atoms with van der Waals surface area (Å²) in [7, 11) is 3.38. The molecule has 3 amide bonds. The molecule has 0 fully saturated rings. The fraction of sp³-hybridized carbons (Fsp3) is 0.417. The molecule has 1 aliphatic rings. The van der Waals surface area contributed by atoms with Crippen LogP contribution in [0.1, 0.15) is 24.2 Å². The van der Waals surface area contributed by atoms with Gasteiger partial charge in [-0.2, -0.15) is 0 Å². The SMILES string of the molecule is CO[C@@H]1CN(C)C(=O)c2ccc(NC(=O)Nc3cccc(F)c3)cc2OC[C@H](C)NC[C@@H]1C. The van der Waals surface area contributed by atoms with Gasteiger partial charge in [0.2, 0.25) is 0 Å². The average molecular weight is 459 g/mol. The average Bonchev–Trinajstić information content (AvgIpc) is 2.78. The first-order valence-electron chi connectivity index (χ1n) is 10.9. The molecule has 0 radical (unpaired) electrons. The third kappa shape index (κ3) is 6.66. The molecular weight excluding hydrogens is 427 g/mol. The predicted molar refractivity (Wildman–Crippen MR) is 125 cm³/mol. The third-order valence-corrected chi connectivity index (χ3v) is 5.57. The molecule has 3 N–H and O–H groups in total. The Morgan fingerprint density at radius 2 is 1.91 bits per heavy atom. The molecule has 3 atom stereocenters. The van der Waals surface area contributed by atoms with Crippen LogP contribution in [0.2, 0.25) is 0 Å². The van der Waals surface area contributed by atoms with Gasteiger partial charge in [0, 0.05) is 50.7 Å². The van der Waals surface area contributed by atoms with E-state index >= 15 is 0 Å². The van der Waals surface area contributed by atoms with Crippen LogP contribution in [-0.2, 0) is 4.74 Å². The standard InChI is InChI=1S/C24H31FN4O4/c1-15-12-26-16(2)14-33-21-11-19(28-24(31)27-18-7-5-6-17(25)10-18)8-9-20(21)23(30)29(3)13-22(15)32-4/h5-11,15-16,22,26H,12-14H2,1-4H3,(H2,27,28,31)/t15-,16-,22+/m0/s1. The lowest BCUT2D eigenvalue weighted by molar-refractivity contribution is 0.0281. The fourth-order valence-electron chi connectivity index (χ4n) is 3.59. The monoisotopic (exact) mass is 458 g/mol. The number of urea groups is 1. The highest BCUT2D eigenvalue weighted by atomic mass is 19.1. The molecule has 0 saturated heterocycles. The molecule has 2 aromatic rings. The normalized spacial score (nSPS) is 21.8. The highest BCUT2D eigenvalue weighted by molar-refractivity contribution is 6.01. The summed E-state index contributed by atoms with van der Waals surface area (Å²) >= 11 is 0. The second-order valence-electron chi connectivity index (χ2n) is 8.36. The van der Waals surface area contributed by atoms with Crippen LogP contribution in [-0.4, -0.2) is 62.8 Å². The summed E-state index contributed by atoms with van der Waals surface area (Å²) in [4.78, 5) is 27.1. The minimum Gasteiger partial charge on any atom is -0.491 e. The summed E-state index contributed by atoms with van der Waals surface area (Å²) in [5.74, 6) is -0.0749. The van der Waals surface area contributed by atoms with Gasteiger partial charge in [-0.15, -0.1) is 0 Å². The molecule has 0 spiro atoms. The van der Waals surface area contributed by atoms with Crippen molar-refractivity contribution in [1.82, 2.24) is 10.2 Å². The number of benzene rings is 2. The Morgan fingerprint density at radius 3 is 2.61 bits per heavy atom. The van der Waals surface area contributed by atoms with E-state index in [0.717, 1.165) is 6.54 Å². The van der Waals surface area contributed by atoms with Crippen LogP contribution in [0, 0.1) is 11.7 Å². The summed E-state index contributed by atoms with van der Waals surface area (Å²) in [6.45, 7) is 5.58. The van der Waals surface area contributed by atoms with Crippen LogP contribution in [0.4, 0.5) is 20.6 Å². The number of methoxy groups -OCH3 is 1. The van der Waals surface area contributed by atoms with Crippen LogP contribution in [0.15, 0.2) is 42.5 Å². The van der Waals surface area contributed by atoms with Gasteiger partial charge in [0.15, 0.2) is 0 Å². The number of halogens is 1. The molecule has 0 saturated carbocycles. The fourth-order valence-corrected chi connectivity index (χ4v) is 3.59. The molecule has 3 rings (SSSR count). The van der Waals surface area contributed by atoms with E-state index in [1.807, 2.05) is 6.92 Å². The molecule has 178 valence electrons. The van der Waals surface area contributed by atoms with E-state index in [1.54, 1.807) is 43.3 Å². The van der Waals surface area contributed by atoms with Gasteiger partial charge in [-0.25, -0.2) is 9.18 Å². The number of carbonyl (C=O) groups excluding carboxylic acids is 2. The Bertz CT molecular complexity index is 987. The van der Waals surface area contributed by atoms with Crippen LogP contribution in [0.25, 0.3) is 0 Å². The van der Waals surface area contributed by atoms with E-state index in [-0.39, 0.29) is 24.0 Å². The number of anilines is 2. The molecule has 0 bridgehead atoms. The van der Waals surface area contributed by atoms with Crippen molar-refractivity contribution < 1.29 is 23.5 Å². The lowest BCUT2D eigenvalue weighted by Gasteiger charge is -2.30. The van der Waals surface area contributed by atoms with Crippen molar-refractivity contribution in [1.29, 1.82) is 0 Å². The Balaban J connectivity index is 1.80. The Hall–Kier alpha value is -3.17. The van der Waals surface area contributed by atoms with Gasteiger partial charge in [-0.1, -0.05) is 13.0 Å². The van der Waals surface area contributed by atoms with Crippen molar-refractivity contribution in [3.05, 3.63) is 53.8 Å². The van der Waals surface area contributed by atoms with E-state index in [0.29, 0.717) is 35.8 Å². The van der Waals surface area contributed by atoms with Crippen LogP contribution >= 0.6 is 0 Å². The first kappa shape index (κ1) is 24.5. The van der Waals surface area contributed by atoms with E-state index in [4.69, 9.17) is 9.47 Å². The van der Waals surface area contributed by atoms with E-state index < -0.39 is 11.8 Å². The Morgan fingerprint density at radius 1 is 1.18 bits per heavy atom. The minimum absolute atomic E-state index is 0.0398. The summed E-state index contributed by atoms with van der Waals surface area (Å²) < 4.78 is 25.0. The molecule has 0 aromatic heterocycles. The second kappa shape index (κ2) is 11.1. The number of nitrogens with one attached hydrogen (secondary N) is 3. The van der Waals surface area contributed by atoms with E-state index in [1.165, 1.54) is 18.2 Å². The van der Waals surface area contributed by atoms with Gasteiger partial charge in [0.05, 0.1) is 11.7 Å². The van der Waals surface area contributed by atoms with Crippen molar-refractivity contribution in [3.63, 3.8) is 0 Å². The smallest absolute Gasteiger partial charge is 0.323 e. The Kier molecular flexibility index (Phi) is 8.24. The number of ether oxygens (including phenoxy) is 2. The van der Waals surface area contributed by atoms with Gasteiger partial charge in [-0.05, 0) is 43.2 Å². The lowest BCUT2D eigenvalue weighted by atomic mass is 10.0. The minimum atomic E-state index is -0.538. The van der Waals surface area contributed by atoms with Crippen molar-refractivity contribution in [2.45, 2.75) is 26.0 Å². The van der Waals surface area contributed by atoms with Crippen molar-refractivity contribution >= 4 is 23.3 Å². The Labute approximate surface area is 193 Å². The summed E-state index contributed by atoms with van der Waals surface area (Å²) in [6, 6.07) is 9.98. The number of nitrogens with zero attached hydrogens (tertiary/aromatic N) is 1. The third-order valence-electron chi connectivity index (χ3n) is 5.57. The highest BCUT2D eigenvalue weighted by Crippen LogP contribution is 2.26. The topological polar surface area (TPSA) is 91.9 Å².